The van der Waals surface area contributed by atoms with Crippen LogP contribution in [0.25, 0.3) is 0 Å². The lowest BCUT2D eigenvalue weighted by Crippen LogP contribution is -2.25. The third-order valence-electron chi connectivity index (χ3n) is 2.60. The van der Waals surface area contributed by atoms with Crippen LogP contribution in [-0.4, -0.2) is 19.2 Å². The lowest BCUT2D eigenvalue weighted by atomic mass is 10.1. The summed E-state index contributed by atoms with van der Waals surface area (Å²) in [7, 11) is 0. The molecule has 0 spiro atoms. The van der Waals surface area contributed by atoms with E-state index in [-0.39, 0.29) is 0 Å². The zero-order valence-corrected chi connectivity index (χ0v) is 10.4. The molecule has 2 nitrogen and oxygen atoms in total. The number of ether oxygens (including phenoxy) is 1. The highest BCUT2D eigenvalue weighted by Crippen LogP contribution is 2.09. The Kier molecular flexibility index (Phi) is 6.66. The Morgan fingerprint density at radius 1 is 1.19 bits per heavy atom. The summed E-state index contributed by atoms with van der Waals surface area (Å²) in [6.07, 6.45) is 3.58. The van der Waals surface area contributed by atoms with Gasteiger partial charge in [-0.3, -0.25) is 0 Å². The van der Waals surface area contributed by atoms with Crippen LogP contribution in [0.15, 0.2) is 30.3 Å². The van der Waals surface area contributed by atoms with Crippen molar-refractivity contribution in [3.8, 4) is 5.75 Å². The maximum absolute atomic E-state index is 5.63. The second kappa shape index (κ2) is 8.17. The van der Waals surface area contributed by atoms with Crippen molar-refractivity contribution in [2.24, 2.45) is 0 Å². The van der Waals surface area contributed by atoms with Crippen LogP contribution in [0.1, 0.15) is 33.1 Å². The van der Waals surface area contributed by atoms with E-state index in [1.807, 2.05) is 30.3 Å². The SMILES string of the molecule is CCNC(C)CCCCOc1ccccc1. The van der Waals surface area contributed by atoms with Gasteiger partial charge in [-0.15, -0.1) is 0 Å². The topological polar surface area (TPSA) is 21.3 Å². The first-order chi connectivity index (χ1) is 7.83. The van der Waals surface area contributed by atoms with Gasteiger partial charge in [0.05, 0.1) is 6.61 Å². The van der Waals surface area contributed by atoms with Gasteiger partial charge in [0.25, 0.3) is 0 Å². The summed E-state index contributed by atoms with van der Waals surface area (Å²) >= 11 is 0. The summed E-state index contributed by atoms with van der Waals surface area (Å²) in [5.74, 6) is 0.974. The molecule has 1 rings (SSSR count). The Hall–Kier alpha value is -1.02. The second-order valence-electron chi connectivity index (χ2n) is 4.12. The van der Waals surface area contributed by atoms with Crippen molar-refractivity contribution in [2.45, 2.75) is 39.2 Å². The van der Waals surface area contributed by atoms with Crippen LogP contribution in [0.3, 0.4) is 0 Å². The normalized spacial score (nSPS) is 12.4. The minimum atomic E-state index is 0.627. The third-order valence-corrected chi connectivity index (χ3v) is 2.60. The predicted molar refractivity (Wildman–Crippen MR) is 68.9 cm³/mol. The lowest BCUT2D eigenvalue weighted by molar-refractivity contribution is 0.302. The fourth-order valence-electron chi connectivity index (χ4n) is 1.71. The van der Waals surface area contributed by atoms with E-state index in [0.29, 0.717) is 6.04 Å². The third kappa shape index (κ3) is 5.76. The molecular weight excluding hydrogens is 198 g/mol. The van der Waals surface area contributed by atoms with Crippen molar-refractivity contribution in [1.82, 2.24) is 5.32 Å². The van der Waals surface area contributed by atoms with Gasteiger partial charge in [0.2, 0.25) is 0 Å². The van der Waals surface area contributed by atoms with E-state index in [9.17, 15) is 0 Å². The van der Waals surface area contributed by atoms with Crippen LogP contribution < -0.4 is 10.1 Å². The number of hydrogen-bond acceptors (Lipinski definition) is 2. The fraction of sp³-hybridized carbons (Fsp3) is 0.571. The molecule has 1 aromatic carbocycles. The molecule has 0 heterocycles. The molecule has 0 amide bonds. The number of para-hydroxylation sites is 1. The minimum absolute atomic E-state index is 0.627. The van der Waals surface area contributed by atoms with Crippen molar-refractivity contribution < 1.29 is 4.74 Å². The zero-order valence-electron chi connectivity index (χ0n) is 10.4. The monoisotopic (exact) mass is 221 g/mol. The molecule has 1 unspecified atom stereocenters. The highest BCUT2D eigenvalue weighted by Gasteiger charge is 1.99. The molecular formula is C14H23NO. The molecule has 0 fully saturated rings. The van der Waals surface area contributed by atoms with E-state index in [2.05, 4.69) is 19.2 Å². The molecule has 0 aromatic heterocycles. The van der Waals surface area contributed by atoms with Gasteiger partial charge >= 0.3 is 0 Å². The molecule has 0 bridgehead atoms. The first-order valence-electron chi connectivity index (χ1n) is 6.24. The van der Waals surface area contributed by atoms with Gasteiger partial charge in [0.1, 0.15) is 5.75 Å². The summed E-state index contributed by atoms with van der Waals surface area (Å²) in [5, 5.41) is 3.41. The van der Waals surface area contributed by atoms with Gasteiger partial charge in [-0.05, 0) is 44.9 Å². The van der Waals surface area contributed by atoms with Crippen LogP contribution >= 0.6 is 0 Å². The van der Waals surface area contributed by atoms with Crippen LogP contribution in [0.4, 0.5) is 0 Å². The van der Waals surface area contributed by atoms with Crippen LogP contribution in [-0.2, 0) is 0 Å². The quantitative estimate of drug-likeness (QED) is 0.680. The Balaban J connectivity index is 2.00. The lowest BCUT2D eigenvalue weighted by Gasteiger charge is -2.11. The highest BCUT2D eigenvalue weighted by molar-refractivity contribution is 5.20. The smallest absolute Gasteiger partial charge is 0.119 e. The Bertz CT molecular complexity index is 261. The molecule has 0 saturated heterocycles. The maximum Gasteiger partial charge on any atom is 0.119 e. The Morgan fingerprint density at radius 2 is 1.94 bits per heavy atom. The van der Waals surface area contributed by atoms with E-state index in [0.717, 1.165) is 25.3 Å². The number of rotatable bonds is 8. The van der Waals surface area contributed by atoms with Crippen molar-refractivity contribution >= 4 is 0 Å². The largest absolute Gasteiger partial charge is 0.494 e. The first-order valence-corrected chi connectivity index (χ1v) is 6.24. The number of benzene rings is 1. The Labute approximate surface area is 99.0 Å². The molecule has 0 radical (unpaired) electrons. The molecule has 16 heavy (non-hydrogen) atoms. The number of hydrogen-bond donors (Lipinski definition) is 1. The summed E-state index contributed by atoms with van der Waals surface area (Å²) in [6.45, 7) is 6.26. The first kappa shape index (κ1) is 13.0. The van der Waals surface area contributed by atoms with Gasteiger partial charge in [0.15, 0.2) is 0 Å². The van der Waals surface area contributed by atoms with E-state index in [1.165, 1.54) is 12.8 Å². The van der Waals surface area contributed by atoms with Gasteiger partial charge in [-0.1, -0.05) is 25.1 Å². The van der Waals surface area contributed by atoms with Crippen molar-refractivity contribution in [3.63, 3.8) is 0 Å². The van der Waals surface area contributed by atoms with Crippen molar-refractivity contribution in [2.75, 3.05) is 13.2 Å². The molecule has 1 aromatic rings. The van der Waals surface area contributed by atoms with E-state index in [1.54, 1.807) is 0 Å². The van der Waals surface area contributed by atoms with Crippen molar-refractivity contribution in [1.29, 1.82) is 0 Å². The molecule has 0 aliphatic heterocycles. The molecule has 2 heteroatoms. The van der Waals surface area contributed by atoms with Gasteiger partial charge in [-0.2, -0.15) is 0 Å². The van der Waals surface area contributed by atoms with Crippen LogP contribution in [0, 0.1) is 0 Å². The van der Waals surface area contributed by atoms with Gasteiger partial charge in [0, 0.05) is 6.04 Å². The van der Waals surface area contributed by atoms with Gasteiger partial charge in [-0.25, -0.2) is 0 Å². The second-order valence-corrected chi connectivity index (χ2v) is 4.12. The summed E-state index contributed by atoms with van der Waals surface area (Å²) in [6, 6.07) is 10.6. The van der Waals surface area contributed by atoms with E-state index < -0.39 is 0 Å². The van der Waals surface area contributed by atoms with Gasteiger partial charge < -0.3 is 10.1 Å². The van der Waals surface area contributed by atoms with E-state index in [4.69, 9.17) is 4.74 Å². The summed E-state index contributed by atoms with van der Waals surface area (Å²) < 4.78 is 5.63. The van der Waals surface area contributed by atoms with Crippen LogP contribution in [0.5, 0.6) is 5.75 Å². The highest BCUT2D eigenvalue weighted by atomic mass is 16.5. The Morgan fingerprint density at radius 3 is 2.62 bits per heavy atom. The van der Waals surface area contributed by atoms with Crippen molar-refractivity contribution in [3.05, 3.63) is 30.3 Å². The summed E-state index contributed by atoms with van der Waals surface area (Å²) in [5.41, 5.74) is 0. The zero-order chi connectivity index (χ0) is 11.6. The molecule has 0 aliphatic carbocycles. The average molecular weight is 221 g/mol. The molecule has 1 N–H and O–H groups in total. The maximum atomic E-state index is 5.63. The number of nitrogens with one attached hydrogen (secondary N) is 1. The molecule has 90 valence electrons. The average Bonchev–Trinajstić information content (AvgIpc) is 2.30. The van der Waals surface area contributed by atoms with E-state index >= 15 is 0 Å². The summed E-state index contributed by atoms with van der Waals surface area (Å²) in [4.78, 5) is 0. The molecule has 0 aliphatic rings. The molecule has 0 saturated carbocycles. The fourth-order valence-corrected chi connectivity index (χ4v) is 1.71. The standard InChI is InChI=1S/C14H23NO/c1-3-15-13(2)9-7-8-12-16-14-10-5-4-6-11-14/h4-6,10-11,13,15H,3,7-9,12H2,1-2H3. The number of unbranched alkanes of at least 4 members (excludes halogenated alkanes) is 1. The van der Waals surface area contributed by atoms with Crippen LogP contribution in [0.2, 0.25) is 0 Å². The minimum Gasteiger partial charge on any atom is -0.494 e. The predicted octanol–water partition coefficient (Wildman–Crippen LogP) is 3.23. The molecule has 1 atom stereocenters.